The van der Waals surface area contributed by atoms with Crippen molar-refractivity contribution in [3.8, 4) is 11.8 Å². The molecule has 19 heavy (non-hydrogen) atoms. The fraction of sp³-hybridized carbons (Fsp3) is 0.118. The Labute approximate surface area is 113 Å². The second-order valence-electron chi connectivity index (χ2n) is 4.29. The summed E-state index contributed by atoms with van der Waals surface area (Å²) in [5.74, 6) is 0.862. The first-order chi connectivity index (χ1) is 9.22. The Bertz CT molecular complexity index is 651. The molecule has 0 heterocycles. The summed E-state index contributed by atoms with van der Waals surface area (Å²) >= 11 is 0. The molecule has 2 heteroatoms. The monoisotopic (exact) mass is 249 g/mol. The molecular formula is C17H15NO. The van der Waals surface area contributed by atoms with Crippen LogP contribution in [0.3, 0.4) is 0 Å². The van der Waals surface area contributed by atoms with E-state index in [1.165, 1.54) is 0 Å². The molecule has 0 spiro atoms. The maximum Gasteiger partial charge on any atom is 0.119 e. The van der Waals surface area contributed by atoms with E-state index < -0.39 is 0 Å². The average molecular weight is 249 g/mol. The van der Waals surface area contributed by atoms with Gasteiger partial charge in [0, 0.05) is 0 Å². The van der Waals surface area contributed by atoms with Crippen molar-refractivity contribution in [2.45, 2.75) is 6.92 Å². The Morgan fingerprint density at radius 3 is 2.63 bits per heavy atom. The lowest BCUT2D eigenvalue weighted by Crippen LogP contribution is -1.86. The Morgan fingerprint density at radius 1 is 1.11 bits per heavy atom. The van der Waals surface area contributed by atoms with Crippen LogP contribution in [-0.2, 0) is 0 Å². The lowest BCUT2D eigenvalue weighted by atomic mass is 10.1. The first-order valence-electron chi connectivity index (χ1n) is 6.06. The van der Waals surface area contributed by atoms with Gasteiger partial charge < -0.3 is 4.74 Å². The Morgan fingerprint density at radius 2 is 1.95 bits per heavy atom. The summed E-state index contributed by atoms with van der Waals surface area (Å²) in [6, 6.07) is 15.7. The van der Waals surface area contributed by atoms with Gasteiger partial charge in [-0.3, -0.25) is 0 Å². The van der Waals surface area contributed by atoms with E-state index in [9.17, 15) is 0 Å². The molecule has 0 amide bonds. The molecule has 2 rings (SSSR count). The maximum absolute atomic E-state index is 8.86. The maximum atomic E-state index is 8.86. The third kappa shape index (κ3) is 3.23. The van der Waals surface area contributed by atoms with Crippen molar-refractivity contribution in [3.05, 3.63) is 64.7 Å². The standard InChI is InChI=1S/C17H15NO/c1-13-10-17(19-2)9-8-16(13)7-6-14-4-3-5-15(11-14)12-18/h3-11H,1-2H3/b7-6+. The predicted octanol–water partition coefficient (Wildman–Crippen LogP) is 4.05. The SMILES string of the molecule is COc1ccc(/C=C/c2cccc(C#N)c2)c(C)c1. The molecule has 0 bridgehead atoms. The molecule has 0 unspecified atom stereocenters. The number of rotatable bonds is 3. The van der Waals surface area contributed by atoms with Gasteiger partial charge in [0.05, 0.1) is 18.7 Å². The number of nitriles is 1. The topological polar surface area (TPSA) is 33.0 Å². The first kappa shape index (κ1) is 12.9. The number of ether oxygens (including phenoxy) is 1. The molecule has 0 fully saturated rings. The van der Waals surface area contributed by atoms with E-state index in [0.29, 0.717) is 5.56 Å². The van der Waals surface area contributed by atoms with Gasteiger partial charge in [-0.05, 0) is 47.9 Å². The Balaban J connectivity index is 2.25. The van der Waals surface area contributed by atoms with Crippen LogP contribution in [0, 0.1) is 18.3 Å². The molecule has 0 aliphatic rings. The quantitative estimate of drug-likeness (QED) is 0.769. The smallest absolute Gasteiger partial charge is 0.119 e. The summed E-state index contributed by atoms with van der Waals surface area (Å²) in [7, 11) is 1.66. The van der Waals surface area contributed by atoms with Gasteiger partial charge in [0.1, 0.15) is 5.75 Å². The van der Waals surface area contributed by atoms with Gasteiger partial charge >= 0.3 is 0 Å². The summed E-state index contributed by atoms with van der Waals surface area (Å²) in [5, 5.41) is 8.86. The van der Waals surface area contributed by atoms with Crippen molar-refractivity contribution >= 4 is 12.2 Å². The molecule has 2 aromatic carbocycles. The minimum Gasteiger partial charge on any atom is -0.497 e. The van der Waals surface area contributed by atoms with Crippen molar-refractivity contribution in [2.24, 2.45) is 0 Å². The summed E-state index contributed by atoms with van der Waals surface area (Å²) < 4.78 is 5.18. The molecule has 0 saturated heterocycles. The number of aryl methyl sites for hydroxylation is 1. The van der Waals surface area contributed by atoms with Crippen LogP contribution in [0.5, 0.6) is 5.75 Å². The molecule has 94 valence electrons. The molecular weight excluding hydrogens is 234 g/mol. The van der Waals surface area contributed by atoms with Gasteiger partial charge in [0.15, 0.2) is 0 Å². The summed E-state index contributed by atoms with van der Waals surface area (Å²) in [5.41, 5.74) is 4.00. The molecule has 0 radical (unpaired) electrons. The van der Waals surface area contributed by atoms with E-state index >= 15 is 0 Å². The van der Waals surface area contributed by atoms with Gasteiger partial charge in [0.2, 0.25) is 0 Å². The van der Waals surface area contributed by atoms with Crippen LogP contribution in [0.2, 0.25) is 0 Å². The van der Waals surface area contributed by atoms with Crippen LogP contribution < -0.4 is 4.74 Å². The highest BCUT2D eigenvalue weighted by Crippen LogP contribution is 2.19. The second kappa shape index (κ2) is 5.88. The number of hydrogen-bond donors (Lipinski definition) is 0. The molecule has 0 saturated carbocycles. The van der Waals surface area contributed by atoms with E-state index in [1.54, 1.807) is 13.2 Å². The van der Waals surface area contributed by atoms with Gasteiger partial charge in [0.25, 0.3) is 0 Å². The summed E-state index contributed by atoms with van der Waals surface area (Å²) in [4.78, 5) is 0. The molecule has 0 aliphatic heterocycles. The predicted molar refractivity (Wildman–Crippen MR) is 77.8 cm³/mol. The highest BCUT2D eigenvalue weighted by molar-refractivity contribution is 5.72. The van der Waals surface area contributed by atoms with Crippen LogP contribution in [-0.4, -0.2) is 7.11 Å². The van der Waals surface area contributed by atoms with Crippen LogP contribution in [0.25, 0.3) is 12.2 Å². The average Bonchev–Trinajstić information content (AvgIpc) is 2.46. The van der Waals surface area contributed by atoms with Crippen LogP contribution in [0.1, 0.15) is 22.3 Å². The zero-order valence-electron chi connectivity index (χ0n) is 11.1. The van der Waals surface area contributed by atoms with Crippen molar-refractivity contribution in [1.29, 1.82) is 5.26 Å². The second-order valence-corrected chi connectivity index (χ2v) is 4.29. The van der Waals surface area contributed by atoms with Gasteiger partial charge in [-0.1, -0.05) is 30.4 Å². The molecule has 2 nitrogen and oxygen atoms in total. The van der Waals surface area contributed by atoms with Gasteiger partial charge in [-0.25, -0.2) is 0 Å². The summed E-state index contributed by atoms with van der Waals surface area (Å²) in [6.45, 7) is 2.05. The minimum atomic E-state index is 0.675. The lowest BCUT2D eigenvalue weighted by molar-refractivity contribution is 0.414. The normalized spacial score (nSPS) is 10.4. The molecule has 0 atom stereocenters. The Hall–Kier alpha value is -2.53. The van der Waals surface area contributed by atoms with Crippen molar-refractivity contribution in [1.82, 2.24) is 0 Å². The van der Waals surface area contributed by atoms with E-state index in [4.69, 9.17) is 10.00 Å². The van der Waals surface area contributed by atoms with Crippen LogP contribution >= 0.6 is 0 Å². The molecule has 0 aliphatic carbocycles. The third-order valence-electron chi connectivity index (χ3n) is 2.95. The highest BCUT2D eigenvalue weighted by Gasteiger charge is 1.97. The molecule has 0 aromatic heterocycles. The fourth-order valence-corrected chi connectivity index (χ4v) is 1.86. The van der Waals surface area contributed by atoms with E-state index in [1.807, 2.05) is 55.5 Å². The van der Waals surface area contributed by atoms with E-state index in [-0.39, 0.29) is 0 Å². The largest absolute Gasteiger partial charge is 0.497 e. The van der Waals surface area contributed by atoms with Crippen LogP contribution in [0.15, 0.2) is 42.5 Å². The lowest BCUT2D eigenvalue weighted by Gasteiger charge is -2.04. The van der Waals surface area contributed by atoms with Crippen molar-refractivity contribution in [3.63, 3.8) is 0 Å². The number of methoxy groups -OCH3 is 1. The zero-order chi connectivity index (χ0) is 13.7. The highest BCUT2D eigenvalue weighted by atomic mass is 16.5. The van der Waals surface area contributed by atoms with Gasteiger partial charge in [-0.15, -0.1) is 0 Å². The molecule has 2 aromatic rings. The van der Waals surface area contributed by atoms with E-state index in [2.05, 4.69) is 6.07 Å². The minimum absolute atomic E-state index is 0.675. The first-order valence-corrected chi connectivity index (χ1v) is 6.06. The van der Waals surface area contributed by atoms with Crippen molar-refractivity contribution < 1.29 is 4.74 Å². The van der Waals surface area contributed by atoms with Crippen LogP contribution in [0.4, 0.5) is 0 Å². The molecule has 0 N–H and O–H groups in total. The number of hydrogen-bond acceptors (Lipinski definition) is 2. The van der Waals surface area contributed by atoms with E-state index in [0.717, 1.165) is 22.4 Å². The number of nitrogens with zero attached hydrogens (tertiary/aromatic N) is 1. The summed E-state index contributed by atoms with van der Waals surface area (Å²) in [6.07, 6.45) is 4.06. The third-order valence-corrected chi connectivity index (χ3v) is 2.95. The van der Waals surface area contributed by atoms with Gasteiger partial charge in [-0.2, -0.15) is 5.26 Å². The fourth-order valence-electron chi connectivity index (χ4n) is 1.86. The number of benzene rings is 2. The Kier molecular flexibility index (Phi) is 4.00. The zero-order valence-corrected chi connectivity index (χ0v) is 11.1. The van der Waals surface area contributed by atoms with Crippen molar-refractivity contribution in [2.75, 3.05) is 7.11 Å².